The highest BCUT2D eigenvalue weighted by atomic mass is 35.5. The Bertz CT molecular complexity index is 502. The maximum absolute atomic E-state index is 13.8. The lowest BCUT2D eigenvalue weighted by Crippen LogP contribution is -2.49. The predicted octanol–water partition coefficient (Wildman–Crippen LogP) is 1.95. The Labute approximate surface area is 119 Å². The second-order valence-electron chi connectivity index (χ2n) is 4.88. The van der Waals surface area contributed by atoms with Crippen LogP contribution in [-0.4, -0.2) is 44.4 Å². The molecule has 0 saturated carbocycles. The average Bonchev–Trinajstić information content (AvgIpc) is 2.79. The van der Waals surface area contributed by atoms with Crippen LogP contribution in [0.5, 0.6) is 0 Å². The summed E-state index contributed by atoms with van der Waals surface area (Å²) in [5.41, 5.74) is 2.34. The molecule has 0 radical (unpaired) electrons. The van der Waals surface area contributed by atoms with E-state index >= 15 is 0 Å². The highest BCUT2D eigenvalue weighted by Gasteiger charge is 2.46. The van der Waals surface area contributed by atoms with Gasteiger partial charge < -0.3 is 4.84 Å². The molecule has 9 heteroatoms. The summed E-state index contributed by atoms with van der Waals surface area (Å²) in [6, 6.07) is -0.312. The number of fused-ring (bicyclic) bond motifs is 2. The molecule has 3 unspecified atom stereocenters. The molecule has 3 atom stereocenters. The molecular formula is C11H13ClFN5O2. The Morgan fingerprint density at radius 1 is 1.40 bits per heavy atom. The van der Waals surface area contributed by atoms with Crippen molar-refractivity contribution in [3.05, 3.63) is 11.5 Å². The molecule has 0 spiro atoms. The fraction of sp³-hybridized carbons (Fsp3) is 0.636. The number of carbonyl (C=O) groups excluding carboxylic acids is 1. The molecule has 2 saturated heterocycles. The Hall–Kier alpha value is -1.70. The van der Waals surface area contributed by atoms with Crippen molar-refractivity contribution in [2.45, 2.75) is 43.9 Å². The molecule has 0 aromatic carbocycles. The van der Waals surface area contributed by atoms with Gasteiger partial charge in [-0.25, -0.2) is 14.2 Å². The number of nitrogens with one attached hydrogen (secondary N) is 1. The minimum atomic E-state index is -0.974. The number of carbonyl (C=O) groups is 1. The van der Waals surface area contributed by atoms with Gasteiger partial charge in [-0.05, 0) is 37.3 Å². The first-order valence-electron chi connectivity index (χ1n) is 6.39. The number of amides is 1. The van der Waals surface area contributed by atoms with Gasteiger partial charge in [0.2, 0.25) is 11.1 Å². The highest BCUT2D eigenvalue weighted by molar-refractivity contribution is 6.28. The van der Waals surface area contributed by atoms with Crippen molar-refractivity contribution in [1.29, 1.82) is 0 Å². The van der Waals surface area contributed by atoms with Crippen LogP contribution in [-0.2, 0) is 4.84 Å². The predicted molar refractivity (Wildman–Crippen MR) is 67.7 cm³/mol. The van der Waals surface area contributed by atoms with E-state index in [4.69, 9.17) is 16.4 Å². The summed E-state index contributed by atoms with van der Waals surface area (Å²) in [4.78, 5) is 22.1. The van der Waals surface area contributed by atoms with Gasteiger partial charge in [0.1, 0.15) is 6.17 Å². The molecule has 1 aromatic heterocycles. The second kappa shape index (κ2) is 5.35. The number of alkyl halides is 1. The van der Waals surface area contributed by atoms with Crippen LogP contribution >= 0.6 is 11.6 Å². The van der Waals surface area contributed by atoms with Gasteiger partial charge in [0, 0.05) is 6.04 Å². The van der Waals surface area contributed by atoms with E-state index in [2.05, 4.69) is 20.7 Å². The van der Waals surface area contributed by atoms with Crippen LogP contribution in [0, 0.1) is 0 Å². The van der Waals surface area contributed by atoms with Crippen molar-refractivity contribution in [3.8, 4) is 0 Å². The molecule has 7 nitrogen and oxygen atoms in total. The van der Waals surface area contributed by atoms with E-state index in [1.165, 1.54) is 11.1 Å². The maximum atomic E-state index is 13.8. The van der Waals surface area contributed by atoms with E-state index in [1.807, 2.05) is 0 Å². The number of hydrogen-bond donors (Lipinski definition) is 1. The lowest BCUT2D eigenvalue weighted by molar-refractivity contribution is 0.0502. The van der Waals surface area contributed by atoms with Gasteiger partial charge >= 0.3 is 6.09 Å². The van der Waals surface area contributed by atoms with Crippen molar-refractivity contribution in [1.82, 2.24) is 20.1 Å². The molecule has 1 amide bonds. The third-order valence-electron chi connectivity index (χ3n) is 3.73. The first kappa shape index (κ1) is 13.3. The molecule has 1 aromatic rings. The topological polar surface area (TPSA) is 80.2 Å². The minimum Gasteiger partial charge on any atom is -0.322 e. The molecule has 3 rings (SSSR count). The first-order valence-corrected chi connectivity index (χ1v) is 6.77. The van der Waals surface area contributed by atoms with Gasteiger partial charge in [0.05, 0.1) is 12.2 Å². The lowest BCUT2D eigenvalue weighted by Gasteiger charge is -2.35. The molecule has 2 aliphatic rings. The largest absolute Gasteiger partial charge is 0.434 e. The Morgan fingerprint density at radius 2 is 2.20 bits per heavy atom. The summed E-state index contributed by atoms with van der Waals surface area (Å²) in [6.07, 6.45) is 2.40. The fourth-order valence-electron chi connectivity index (χ4n) is 2.84. The number of halogens is 2. The van der Waals surface area contributed by atoms with Gasteiger partial charge in [-0.3, -0.25) is 4.90 Å². The van der Waals surface area contributed by atoms with Crippen molar-refractivity contribution in [2.75, 3.05) is 5.48 Å². The molecule has 0 aliphatic carbocycles. The summed E-state index contributed by atoms with van der Waals surface area (Å²) in [7, 11) is 0. The molecule has 3 heterocycles. The molecule has 20 heavy (non-hydrogen) atoms. The quantitative estimate of drug-likeness (QED) is 0.841. The zero-order chi connectivity index (χ0) is 14.1. The normalized spacial score (nSPS) is 28.3. The van der Waals surface area contributed by atoms with E-state index in [0.29, 0.717) is 19.3 Å². The van der Waals surface area contributed by atoms with Crippen molar-refractivity contribution in [3.63, 3.8) is 0 Å². The summed E-state index contributed by atoms with van der Waals surface area (Å²) in [5, 5.41) is 7.14. The summed E-state index contributed by atoms with van der Waals surface area (Å²) >= 11 is 5.49. The smallest absolute Gasteiger partial charge is 0.322 e. The van der Waals surface area contributed by atoms with Gasteiger partial charge in [0.15, 0.2) is 0 Å². The number of rotatable bonds is 2. The fourth-order valence-corrected chi connectivity index (χ4v) is 2.92. The first-order chi connectivity index (χ1) is 9.65. The van der Waals surface area contributed by atoms with Gasteiger partial charge in [-0.2, -0.15) is 5.48 Å². The summed E-state index contributed by atoms with van der Waals surface area (Å²) < 4.78 is 13.8. The molecule has 108 valence electrons. The zero-order valence-corrected chi connectivity index (χ0v) is 11.3. The molecule has 1 N–H and O–H groups in total. The van der Waals surface area contributed by atoms with Crippen LogP contribution in [0.2, 0.25) is 5.28 Å². The van der Waals surface area contributed by atoms with Crippen LogP contribution in [0.1, 0.15) is 25.7 Å². The van der Waals surface area contributed by atoms with Crippen LogP contribution < -0.4 is 5.48 Å². The second-order valence-corrected chi connectivity index (χ2v) is 5.22. The van der Waals surface area contributed by atoms with E-state index in [0.717, 1.165) is 6.42 Å². The monoisotopic (exact) mass is 301 g/mol. The van der Waals surface area contributed by atoms with Gasteiger partial charge in [0.25, 0.3) is 0 Å². The van der Waals surface area contributed by atoms with Gasteiger partial charge in [-0.1, -0.05) is 0 Å². The number of aromatic nitrogens is 3. The highest BCUT2D eigenvalue weighted by Crippen LogP contribution is 2.37. The van der Waals surface area contributed by atoms with Crippen LogP contribution in [0.25, 0.3) is 0 Å². The summed E-state index contributed by atoms with van der Waals surface area (Å²) in [5.74, 6) is 0.156. The third-order valence-corrected chi connectivity index (χ3v) is 3.90. The third kappa shape index (κ3) is 2.47. The molecule has 2 fully saturated rings. The average molecular weight is 302 g/mol. The standard InChI is InChI=1S/C11H13ClFN5O2/c12-10-14-5-9(15-16-10)17-20-11(19)18-6-1-3-7(13)8(18)4-2-6/h5-8H,1-4H2,(H,15,17). The molecule has 2 aliphatic heterocycles. The van der Waals surface area contributed by atoms with Crippen LogP contribution in [0.3, 0.4) is 0 Å². The summed E-state index contributed by atoms with van der Waals surface area (Å²) in [6.45, 7) is 0. The molecule has 2 bridgehead atoms. The van der Waals surface area contributed by atoms with Crippen molar-refractivity contribution < 1.29 is 14.0 Å². The minimum absolute atomic E-state index is 0.00350. The Morgan fingerprint density at radius 3 is 2.95 bits per heavy atom. The zero-order valence-electron chi connectivity index (χ0n) is 10.5. The van der Waals surface area contributed by atoms with E-state index in [1.54, 1.807) is 0 Å². The number of anilines is 1. The van der Waals surface area contributed by atoms with Crippen molar-refractivity contribution in [2.24, 2.45) is 0 Å². The number of piperidine rings is 1. The maximum Gasteiger partial charge on any atom is 0.434 e. The van der Waals surface area contributed by atoms with Crippen LogP contribution in [0.15, 0.2) is 6.20 Å². The van der Waals surface area contributed by atoms with E-state index < -0.39 is 12.3 Å². The van der Waals surface area contributed by atoms with Gasteiger partial charge in [-0.15, -0.1) is 10.2 Å². The Kier molecular flexibility index (Phi) is 3.56. The number of nitrogens with zero attached hydrogens (tertiary/aromatic N) is 4. The number of hydrogen-bond acceptors (Lipinski definition) is 6. The lowest BCUT2D eigenvalue weighted by atomic mass is 10.0. The van der Waals surface area contributed by atoms with Crippen LogP contribution in [0.4, 0.5) is 15.0 Å². The van der Waals surface area contributed by atoms with E-state index in [9.17, 15) is 9.18 Å². The van der Waals surface area contributed by atoms with Crippen molar-refractivity contribution >= 4 is 23.5 Å². The molecular weight excluding hydrogens is 289 g/mol. The van der Waals surface area contributed by atoms with E-state index in [-0.39, 0.29) is 23.2 Å². The SMILES string of the molecule is O=C(ONc1cnc(Cl)nn1)N1C2CCC(F)C1CC2. The Balaban J connectivity index is 1.61.